The highest BCUT2D eigenvalue weighted by molar-refractivity contribution is 5.07. The van der Waals surface area contributed by atoms with Gasteiger partial charge in [-0.05, 0) is 37.5 Å². The average Bonchev–Trinajstić information content (AvgIpc) is 2.71. The van der Waals surface area contributed by atoms with Crippen LogP contribution in [0, 0.1) is 11.8 Å². The van der Waals surface area contributed by atoms with E-state index in [1.165, 1.54) is 30.8 Å². The molecule has 0 radical (unpaired) electrons. The Morgan fingerprint density at radius 2 is 2.18 bits per heavy atom. The molecule has 1 unspecified atom stereocenters. The molecule has 2 aliphatic rings. The summed E-state index contributed by atoms with van der Waals surface area (Å²) in [7, 11) is 0. The first-order valence-electron chi connectivity index (χ1n) is 6.94. The molecule has 0 amide bonds. The van der Waals surface area contributed by atoms with Crippen LogP contribution in [0.25, 0.3) is 0 Å². The molecule has 1 fully saturated rings. The maximum absolute atomic E-state index is 5.41. The highest BCUT2D eigenvalue weighted by Crippen LogP contribution is 2.23. The summed E-state index contributed by atoms with van der Waals surface area (Å²) in [5.41, 5.74) is 1.31. The molecule has 3 heteroatoms. The van der Waals surface area contributed by atoms with E-state index in [0.717, 1.165) is 44.4 Å². The molecule has 0 spiro atoms. The predicted octanol–water partition coefficient (Wildman–Crippen LogP) is 2.43. The monoisotopic (exact) mass is 234 g/mol. The van der Waals surface area contributed by atoms with Gasteiger partial charge in [-0.1, -0.05) is 6.92 Å². The number of imidazole rings is 1. The Bertz CT molecular complexity index is 380. The molecule has 3 nitrogen and oxygen atoms in total. The van der Waals surface area contributed by atoms with Gasteiger partial charge in [-0.3, -0.25) is 0 Å². The van der Waals surface area contributed by atoms with Crippen LogP contribution in [0.2, 0.25) is 0 Å². The summed E-state index contributed by atoms with van der Waals surface area (Å²) in [6, 6.07) is 0. The summed E-state index contributed by atoms with van der Waals surface area (Å²) in [6.07, 6.45) is 8.32. The third kappa shape index (κ3) is 2.54. The number of hydrogen-bond acceptors (Lipinski definition) is 2. The standard InChI is InChI=1S/C14H22N2O/c1-11-2-5-16-10-13(15-14(16)8-11)9-12-3-6-17-7-4-12/h10-12H,2-9H2,1H3. The second-order valence-corrected chi connectivity index (χ2v) is 5.70. The van der Waals surface area contributed by atoms with Crippen molar-refractivity contribution < 1.29 is 4.74 Å². The quantitative estimate of drug-likeness (QED) is 0.786. The topological polar surface area (TPSA) is 27.1 Å². The summed E-state index contributed by atoms with van der Waals surface area (Å²) in [5, 5.41) is 0. The Kier molecular flexibility index (Phi) is 3.19. The molecular formula is C14H22N2O. The number of rotatable bonds is 2. The lowest BCUT2D eigenvalue weighted by molar-refractivity contribution is 0.0663. The second-order valence-electron chi connectivity index (χ2n) is 5.70. The second kappa shape index (κ2) is 4.81. The Labute approximate surface area is 103 Å². The van der Waals surface area contributed by atoms with Gasteiger partial charge in [0, 0.05) is 32.4 Å². The van der Waals surface area contributed by atoms with E-state index in [0.29, 0.717) is 0 Å². The van der Waals surface area contributed by atoms with Crippen LogP contribution in [0.15, 0.2) is 6.20 Å². The van der Waals surface area contributed by atoms with E-state index in [9.17, 15) is 0 Å². The summed E-state index contributed by atoms with van der Waals surface area (Å²) < 4.78 is 7.78. The molecule has 0 saturated carbocycles. The molecule has 0 aromatic carbocycles. The zero-order valence-corrected chi connectivity index (χ0v) is 10.7. The first-order chi connectivity index (χ1) is 8.31. The van der Waals surface area contributed by atoms with E-state index in [2.05, 4.69) is 17.7 Å². The van der Waals surface area contributed by atoms with Gasteiger partial charge in [0.25, 0.3) is 0 Å². The van der Waals surface area contributed by atoms with E-state index >= 15 is 0 Å². The molecule has 2 aliphatic heterocycles. The van der Waals surface area contributed by atoms with Crippen LogP contribution in [-0.2, 0) is 24.1 Å². The molecule has 94 valence electrons. The Balaban J connectivity index is 1.67. The molecule has 1 aromatic heterocycles. The number of aryl methyl sites for hydroxylation is 1. The summed E-state index contributed by atoms with van der Waals surface area (Å²) in [5.74, 6) is 2.91. The van der Waals surface area contributed by atoms with Crippen molar-refractivity contribution in [2.45, 2.75) is 45.6 Å². The minimum absolute atomic E-state index is 0.790. The van der Waals surface area contributed by atoms with Gasteiger partial charge in [-0.25, -0.2) is 4.98 Å². The zero-order valence-electron chi connectivity index (χ0n) is 10.7. The van der Waals surface area contributed by atoms with Gasteiger partial charge in [0.15, 0.2) is 0 Å². The highest BCUT2D eigenvalue weighted by Gasteiger charge is 2.20. The zero-order chi connectivity index (χ0) is 11.7. The van der Waals surface area contributed by atoms with E-state index in [1.54, 1.807) is 0 Å². The van der Waals surface area contributed by atoms with E-state index < -0.39 is 0 Å². The maximum atomic E-state index is 5.41. The van der Waals surface area contributed by atoms with Crippen molar-refractivity contribution in [3.63, 3.8) is 0 Å². The third-order valence-corrected chi connectivity index (χ3v) is 4.14. The number of nitrogens with zero attached hydrogens (tertiary/aromatic N) is 2. The molecule has 3 rings (SSSR count). The van der Waals surface area contributed by atoms with Crippen molar-refractivity contribution in [3.05, 3.63) is 17.7 Å². The SMILES string of the molecule is CC1CCn2cc(CC3CCOCC3)nc2C1. The van der Waals surface area contributed by atoms with Crippen molar-refractivity contribution in [2.75, 3.05) is 13.2 Å². The normalized spacial score (nSPS) is 25.8. The van der Waals surface area contributed by atoms with E-state index in [1.807, 2.05) is 0 Å². The summed E-state index contributed by atoms with van der Waals surface area (Å²) in [6.45, 7) is 5.37. The van der Waals surface area contributed by atoms with E-state index in [4.69, 9.17) is 9.72 Å². The van der Waals surface area contributed by atoms with Crippen molar-refractivity contribution in [1.29, 1.82) is 0 Å². The minimum atomic E-state index is 0.790. The smallest absolute Gasteiger partial charge is 0.109 e. The number of aromatic nitrogens is 2. The van der Waals surface area contributed by atoms with Crippen molar-refractivity contribution in [2.24, 2.45) is 11.8 Å². The fourth-order valence-corrected chi connectivity index (χ4v) is 2.99. The van der Waals surface area contributed by atoms with Crippen LogP contribution in [0.5, 0.6) is 0 Å². The van der Waals surface area contributed by atoms with Crippen molar-refractivity contribution in [3.8, 4) is 0 Å². The molecule has 1 atom stereocenters. The third-order valence-electron chi connectivity index (χ3n) is 4.14. The van der Waals surface area contributed by atoms with Crippen LogP contribution >= 0.6 is 0 Å². The van der Waals surface area contributed by atoms with Crippen LogP contribution in [0.4, 0.5) is 0 Å². The van der Waals surface area contributed by atoms with Gasteiger partial charge >= 0.3 is 0 Å². The highest BCUT2D eigenvalue weighted by atomic mass is 16.5. The molecule has 17 heavy (non-hydrogen) atoms. The molecule has 1 saturated heterocycles. The predicted molar refractivity (Wildman–Crippen MR) is 67.0 cm³/mol. The van der Waals surface area contributed by atoms with Gasteiger partial charge < -0.3 is 9.30 Å². The summed E-state index contributed by atoms with van der Waals surface area (Å²) in [4.78, 5) is 4.82. The molecule has 1 aromatic rings. The van der Waals surface area contributed by atoms with Crippen LogP contribution in [-0.4, -0.2) is 22.8 Å². The van der Waals surface area contributed by atoms with Crippen molar-refractivity contribution in [1.82, 2.24) is 9.55 Å². The lowest BCUT2D eigenvalue weighted by Gasteiger charge is -2.20. The molecular weight excluding hydrogens is 212 g/mol. The number of fused-ring (bicyclic) bond motifs is 1. The lowest BCUT2D eigenvalue weighted by Crippen LogP contribution is -2.17. The Morgan fingerprint density at radius 3 is 3.00 bits per heavy atom. The average molecular weight is 234 g/mol. The maximum Gasteiger partial charge on any atom is 0.109 e. The van der Waals surface area contributed by atoms with E-state index in [-0.39, 0.29) is 0 Å². The van der Waals surface area contributed by atoms with Gasteiger partial charge in [0.1, 0.15) is 5.82 Å². The van der Waals surface area contributed by atoms with Crippen LogP contribution in [0.3, 0.4) is 0 Å². The number of hydrogen-bond donors (Lipinski definition) is 0. The fraction of sp³-hybridized carbons (Fsp3) is 0.786. The number of ether oxygens (including phenoxy) is 1. The fourth-order valence-electron chi connectivity index (χ4n) is 2.99. The van der Waals surface area contributed by atoms with Gasteiger partial charge in [-0.15, -0.1) is 0 Å². The largest absolute Gasteiger partial charge is 0.381 e. The van der Waals surface area contributed by atoms with Crippen LogP contribution in [0.1, 0.15) is 37.7 Å². The Morgan fingerprint density at radius 1 is 1.35 bits per heavy atom. The van der Waals surface area contributed by atoms with Crippen LogP contribution < -0.4 is 0 Å². The first kappa shape index (κ1) is 11.3. The van der Waals surface area contributed by atoms with Gasteiger partial charge in [0.2, 0.25) is 0 Å². The summed E-state index contributed by atoms with van der Waals surface area (Å²) >= 11 is 0. The van der Waals surface area contributed by atoms with Gasteiger partial charge in [-0.2, -0.15) is 0 Å². The minimum Gasteiger partial charge on any atom is -0.381 e. The Hall–Kier alpha value is -0.830. The first-order valence-corrected chi connectivity index (χ1v) is 6.94. The van der Waals surface area contributed by atoms with Crippen molar-refractivity contribution >= 4 is 0 Å². The molecule has 0 aliphatic carbocycles. The molecule has 0 bridgehead atoms. The van der Waals surface area contributed by atoms with Gasteiger partial charge in [0.05, 0.1) is 5.69 Å². The lowest BCUT2D eigenvalue weighted by atomic mass is 9.95. The molecule has 0 N–H and O–H groups in total. The molecule has 3 heterocycles.